The van der Waals surface area contributed by atoms with Gasteiger partial charge in [0, 0.05) is 12.1 Å². The number of nitrogen functional groups attached to an aromatic ring is 1. The Labute approximate surface area is 122 Å². The Morgan fingerprint density at radius 3 is 2.79 bits per heavy atom. The average molecular weight is 348 g/mol. The van der Waals surface area contributed by atoms with Crippen molar-refractivity contribution in [3.8, 4) is 17.5 Å². The van der Waals surface area contributed by atoms with Crippen molar-refractivity contribution in [2.45, 2.75) is 0 Å². The van der Waals surface area contributed by atoms with E-state index in [4.69, 9.17) is 26.8 Å². The number of halogens is 3. The standard InChI is InChI=1S/C12H9BrClFN2O2/c1-18-11-3-2-9(16)12(17-11)19-10-5-8(15)7(14)4-6(10)13/h2-5H,16H2,1H3. The topological polar surface area (TPSA) is 57.4 Å². The molecule has 2 aromatic rings. The first kappa shape index (κ1) is 13.9. The Morgan fingerprint density at radius 1 is 1.37 bits per heavy atom. The van der Waals surface area contributed by atoms with Crippen molar-refractivity contribution in [2.24, 2.45) is 0 Å². The molecule has 0 amide bonds. The van der Waals surface area contributed by atoms with Gasteiger partial charge in [0.15, 0.2) is 0 Å². The Bertz CT molecular complexity index is 625. The number of pyridine rings is 1. The second kappa shape index (κ2) is 5.63. The number of benzene rings is 1. The maximum atomic E-state index is 13.4. The van der Waals surface area contributed by atoms with E-state index in [1.807, 2.05) is 0 Å². The van der Waals surface area contributed by atoms with Crippen molar-refractivity contribution in [3.05, 3.63) is 39.6 Å². The first-order valence-corrected chi connectivity index (χ1v) is 6.31. The number of methoxy groups -OCH3 is 1. The molecule has 19 heavy (non-hydrogen) atoms. The lowest BCUT2D eigenvalue weighted by atomic mass is 10.3. The van der Waals surface area contributed by atoms with Gasteiger partial charge in [0.1, 0.15) is 11.6 Å². The predicted molar refractivity (Wildman–Crippen MR) is 74.4 cm³/mol. The lowest BCUT2D eigenvalue weighted by molar-refractivity contribution is 0.383. The third-order valence-electron chi connectivity index (χ3n) is 2.25. The molecule has 0 fully saturated rings. The van der Waals surface area contributed by atoms with Gasteiger partial charge in [-0.1, -0.05) is 11.6 Å². The van der Waals surface area contributed by atoms with Gasteiger partial charge in [0.25, 0.3) is 0 Å². The molecular weight excluding hydrogens is 338 g/mol. The summed E-state index contributed by atoms with van der Waals surface area (Å²) in [6, 6.07) is 5.72. The van der Waals surface area contributed by atoms with Crippen LogP contribution in [0.25, 0.3) is 0 Å². The van der Waals surface area contributed by atoms with E-state index in [0.717, 1.165) is 6.07 Å². The number of hydrogen-bond acceptors (Lipinski definition) is 4. The molecule has 0 saturated carbocycles. The predicted octanol–water partition coefficient (Wildman–Crippen LogP) is 4.02. The van der Waals surface area contributed by atoms with E-state index in [9.17, 15) is 4.39 Å². The molecule has 1 heterocycles. The Hall–Kier alpha value is -1.53. The lowest BCUT2D eigenvalue weighted by Gasteiger charge is -2.10. The van der Waals surface area contributed by atoms with Crippen molar-refractivity contribution >= 4 is 33.2 Å². The van der Waals surface area contributed by atoms with Crippen LogP contribution in [0.1, 0.15) is 0 Å². The van der Waals surface area contributed by atoms with Crippen molar-refractivity contribution < 1.29 is 13.9 Å². The number of nitrogens with two attached hydrogens (primary N) is 1. The molecule has 7 heteroatoms. The molecule has 0 radical (unpaired) electrons. The van der Waals surface area contributed by atoms with E-state index in [0.29, 0.717) is 16.0 Å². The summed E-state index contributed by atoms with van der Waals surface area (Å²) < 4.78 is 24.3. The number of anilines is 1. The molecule has 2 N–H and O–H groups in total. The number of hydrogen-bond donors (Lipinski definition) is 1. The maximum Gasteiger partial charge on any atom is 0.246 e. The van der Waals surface area contributed by atoms with Crippen LogP contribution in [0.15, 0.2) is 28.7 Å². The lowest BCUT2D eigenvalue weighted by Crippen LogP contribution is -1.98. The summed E-state index contributed by atoms with van der Waals surface area (Å²) in [4.78, 5) is 4.03. The highest BCUT2D eigenvalue weighted by molar-refractivity contribution is 9.10. The number of aromatic nitrogens is 1. The second-order valence-electron chi connectivity index (χ2n) is 3.55. The Balaban J connectivity index is 2.38. The summed E-state index contributed by atoms with van der Waals surface area (Å²) in [6.07, 6.45) is 0. The minimum absolute atomic E-state index is 0.00852. The van der Waals surface area contributed by atoms with E-state index in [1.165, 1.54) is 13.2 Å². The molecule has 0 aliphatic heterocycles. The zero-order valence-corrected chi connectivity index (χ0v) is 12.1. The quantitative estimate of drug-likeness (QED) is 0.852. The fraction of sp³-hybridized carbons (Fsp3) is 0.0833. The minimum Gasteiger partial charge on any atom is -0.481 e. The van der Waals surface area contributed by atoms with E-state index in [2.05, 4.69) is 20.9 Å². The zero-order chi connectivity index (χ0) is 14.0. The highest BCUT2D eigenvalue weighted by atomic mass is 79.9. The average Bonchev–Trinajstić information content (AvgIpc) is 2.38. The van der Waals surface area contributed by atoms with E-state index >= 15 is 0 Å². The molecule has 0 saturated heterocycles. The summed E-state index contributed by atoms with van der Waals surface area (Å²) in [7, 11) is 1.47. The van der Waals surface area contributed by atoms with Crippen LogP contribution in [0.5, 0.6) is 17.5 Å². The normalized spacial score (nSPS) is 10.3. The summed E-state index contributed by atoms with van der Waals surface area (Å²) in [6.45, 7) is 0. The molecule has 1 aromatic carbocycles. The molecule has 0 bridgehead atoms. The second-order valence-corrected chi connectivity index (χ2v) is 4.81. The number of nitrogens with zero attached hydrogens (tertiary/aromatic N) is 1. The van der Waals surface area contributed by atoms with Crippen molar-refractivity contribution in [2.75, 3.05) is 12.8 Å². The van der Waals surface area contributed by atoms with Gasteiger partial charge in [-0.3, -0.25) is 0 Å². The summed E-state index contributed by atoms with van der Waals surface area (Å²) in [5.41, 5.74) is 6.04. The molecular formula is C12H9BrClFN2O2. The van der Waals surface area contributed by atoms with Gasteiger partial charge >= 0.3 is 0 Å². The van der Waals surface area contributed by atoms with E-state index < -0.39 is 5.82 Å². The monoisotopic (exact) mass is 346 g/mol. The van der Waals surface area contributed by atoms with Crippen molar-refractivity contribution in [3.63, 3.8) is 0 Å². The van der Waals surface area contributed by atoms with Crippen molar-refractivity contribution in [1.29, 1.82) is 0 Å². The van der Waals surface area contributed by atoms with Gasteiger partial charge in [-0.2, -0.15) is 4.98 Å². The molecule has 0 aliphatic carbocycles. The number of ether oxygens (including phenoxy) is 2. The molecule has 2 rings (SSSR count). The van der Waals surface area contributed by atoms with Gasteiger partial charge in [-0.05, 0) is 28.1 Å². The first-order valence-electron chi connectivity index (χ1n) is 5.14. The van der Waals surface area contributed by atoms with Crippen LogP contribution in [0.2, 0.25) is 5.02 Å². The van der Waals surface area contributed by atoms with Crippen LogP contribution in [0, 0.1) is 5.82 Å². The highest BCUT2D eigenvalue weighted by Gasteiger charge is 2.12. The van der Waals surface area contributed by atoms with Crippen LogP contribution in [0.4, 0.5) is 10.1 Å². The Kier molecular flexibility index (Phi) is 4.11. The van der Waals surface area contributed by atoms with Gasteiger partial charge in [-0.25, -0.2) is 4.39 Å². The van der Waals surface area contributed by atoms with Crippen LogP contribution in [-0.4, -0.2) is 12.1 Å². The Morgan fingerprint density at radius 2 is 2.11 bits per heavy atom. The third kappa shape index (κ3) is 3.08. The molecule has 0 atom stereocenters. The van der Waals surface area contributed by atoms with Crippen LogP contribution in [-0.2, 0) is 0 Å². The smallest absolute Gasteiger partial charge is 0.246 e. The summed E-state index contributed by atoms with van der Waals surface area (Å²) in [5, 5.41) is -0.00852. The van der Waals surface area contributed by atoms with Gasteiger partial charge < -0.3 is 15.2 Å². The molecule has 0 spiro atoms. The largest absolute Gasteiger partial charge is 0.481 e. The summed E-state index contributed by atoms with van der Waals surface area (Å²) >= 11 is 8.87. The number of rotatable bonds is 3. The van der Waals surface area contributed by atoms with E-state index in [1.54, 1.807) is 12.1 Å². The molecule has 0 unspecified atom stereocenters. The van der Waals surface area contributed by atoms with Gasteiger partial charge in [0.2, 0.25) is 11.8 Å². The molecule has 4 nitrogen and oxygen atoms in total. The molecule has 1 aromatic heterocycles. The first-order chi connectivity index (χ1) is 9.01. The van der Waals surface area contributed by atoms with Crippen LogP contribution in [0.3, 0.4) is 0 Å². The third-order valence-corrected chi connectivity index (χ3v) is 3.16. The van der Waals surface area contributed by atoms with E-state index in [-0.39, 0.29) is 16.7 Å². The van der Waals surface area contributed by atoms with Crippen LogP contribution < -0.4 is 15.2 Å². The highest BCUT2D eigenvalue weighted by Crippen LogP contribution is 2.35. The molecule has 0 aliphatic rings. The molecule has 100 valence electrons. The van der Waals surface area contributed by atoms with Gasteiger partial charge in [0.05, 0.1) is 22.3 Å². The fourth-order valence-corrected chi connectivity index (χ4v) is 2.04. The van der Waals surface area contributed by atoms with Crippen molar-refractivity contribution in [1.82, 2.24) is 4.98 Å². The minimum atomic E-state index is -0.596. The summed E-state index contributed by atoms with van der Waals surface area (Å²) in [5.74, 6) is 0.0900. The SMILES string of the molecule is COc1ccc(N)c(Oc2cc(F)c(Cl)cc2Br)n1. The maximum absolute atomic E-state index is 13.4. The fourth-order valence-electron chi connectivity index (χ4n) is 1.32. The zero-order valence-electron chi connectivity index (χ0n) is 9.78. The van der Waals surface area contributed by atoms with Gasteiger partial charge in [-0.15, -0.1) is 0 Å². The van der Waals surface area contributed by atoms with Crippen LogP contribution >= 0.6 is 27.5 Å².